The molecule has 5 nitrogen and oxygen atoms in total. The standard InChI is InChI=1S/C18H27N3O2/c1-3-16(17-7-5-4-6-8-17)13-19-18(23)14-20-9-11-21(12-10-20)15(2)22/h4-8,16H,3,9-14H2,1-2H3,(H,19,23)/p+1/t16-/m0/s1. The fraction of sp³-hybridized carbons (Fsp3) is 0.556. The van der Waals surface area contributed by atoms with Crippen molar-refractivity contribution in [3.05, 3.63) is 35.9 Å². The number of amides is 2. The first-order valence-electron chi connectivity index (χ1n) is 8.51. The van der Waals surface area contributed by atoms with E-state index in [2.05, 4.69) is 24.4 Å². The number of rotatable bonds is 6. The number of quaternary nitrogens is 1. The van der Waals surface area contributed by atoms with Crippen LogP contribution in [0.1, 0.15) is 31.7 Å². The molecule has 0 saturated carbocycles. The van der Waals surface area contributed by atoms with E-state index in [1.54, 1.807) is 6.92 Å². The van der Waals surface area contributed by atoms with E-state index < -0.39 is 0 Å². The fourth-order valence-electron chi connectivity index (χ4n) is 3.06. The average Bonchev–Trinajstić information content (AvgIpc) is 2.57. The van der Waals surface area contributed by atoms with E-state index in [-0.39, 0.29) is 11.8 Å². The minimum Gasteiger partial charge on any atom is -0.351 e. The quantitative estimate of drug-likeness (QED) is 0.778. The van der Waals surface area contributed by atoms with Crippen LogP contribution in [0.4, 0.5) is 0 Å². The van der Waals surface area contributed by atoms with Gasteiger partial charge in [-0.25, -0.2) is 0 Å². The number of nitrogens with one attached hydrogen (secondary N) is 2. The molecule has 0 bridgehead atoms. The van der Waals surface area contributed by atoms with Crippen LogP contribution in [0.25, 0.3) is 0 Å². The summed E-state index contributed by atoms with van der Waals surface area (Å²) in [7, 11) is 0. The van der Waals surface area contributed by atoms with E-state index in [1.165, 1.54) is 10.5 Å². The Labute approximate surface area is 138 Å². The first-order chi connectivity index (χ1) is 11.1. The number of piperazine rings is 1. The molecule has 23 heavy (non-hydrogen) atoms. The number of benzene rings is 1. The summed E-state index contributed by atoms with van der Waals surface area (Å²) < 4.78 is 0. The minimum absolute atomic E-state index is 0.102. The summed E-state index contributed by atoms with van der Waals surface area (Å²) in [5.74, 6) is 0.595. The Morgan fingerprint density at radius 3 is 2.43 bits per heavy atom. The first-order valence-corrected chi connectivity index (χ1v) is 8.51. The molecule has 2 N–H and O–H groups in total. The zero-order valence-electron chi connectivity index (χ0n) is 14.2. The molecule has 1 saturated heterocycles. The van der Waals surface area contributed by atoms with Gasteiger partial charge in [0.05, 0.1) is 26.2 Å². The highest BCUT2D eigenvalue weighted by Crippen LogP contribution is 2.17. The molecule has 1 atom stereocenters. The van der Waals surface area contributed by atoms with Gasteiger partial charge in [0.1, 0.15) is 0 Å². The molecule has 0 aliphatic carbocycles. The van der Waals surface area contributed by atoms with Crippen molar-refractivity contribution in [1.82, 2.24) is 10.2 Å². The summed E-state index contributed by atoms with van der Waals surface area (Å²) in [6.45, 7) is 8.14. The molecule has 0 spiro atoms. The Kier molecular flexibility index (Phi) is 6.59. The highest BCUT2D eigenvalue weighted by Gasteiger charge is 2.23. The average molecular weight is 318 g/mol. The van der Waals surface area contributed by atoms with Gasteiger partial charge < -0.3 is 15.1 Å². The summed E-state index contributed by atoms with van der Waals surface area (Å²) in [5.41, 5.74) is 1.28. The van der Waals surface area contributed by atoms with Gasteiger partial charge in [-0.1, -0.05) is 37.3 Å². The Bertz CT molecular complexity index is 510. The Balaban J connectivity index is 1.74. The molecule has 1 aromatic carbocycles. The van der Waals surface area contributed by atoms with Gasteiger partial charge in [-0.2, -0.15) is 0 Å². The van der Waals surface area contributed by atoms with Gasteiger partial charge in [-0.3, -0.25) is 9.59 Å². The molecule has 1 aromatic rings. The summed E-state index contributed by atoms with van der Waals surface area (Å²) >= 11 is 0. The summed E-state index contributed by atoms with van der Waals surface area (Å²) in [4.78, 5) is 26.6. The van der Waals surface area contributed by atoms with E-state index in [0.29, 0.717) is 19.0 Å². The van der Waals surface area contributed by atoms with Crippen molar-refractivity contribution in [2.45, 2.75) is 26.2 Å². The molecule has 0 aromatic heterocycles. The van der Waals surface area contributed by atoms with Crippen LogP contribution < -0.4 is 10.2 Å². The lowest BCUT2D eigenvalue weighted by Gasteiger charge is -2.31. The van der Waals surface area contributed by atoms with Crippen molar-refractivity contribution in [1.29, 1.82) is 0 Å². The molecule has 1 heterocycles. The van der Waals surface area contributed by atoms with Gasteiger partial charge >= 0.3 is 0 Å². The summed E-state index contributed by atoms with van der Waals surface area (Å²) in [6.07, 6.45) is 1.01. The molecular weight excluding hydrogens is 290 g/mol. The third-order valence-electron chi connectivity index (χ3n) is 4.64. The maximum atomic E-state index is 12.2. The normalized spacial score (nSPS) is 16.9. The van der Waals surface area contributed by atoms with Crippen LogP contribution in [-0.2, 0) is 9.59 Å². The van der Waals surface area contributed by atoms with Crippen LogP contribution in [0.5, 0.6) is 0 Å². The third kappa shape index (κ3) is 5.36. The van der Waals surface area contributed by atoms with Crippen molar-refractivity contribution < 1.29 is 14.5 Å². The maximum Gasteiger partial charge on any atom is 0.275 e. The van der Waals surface area contributed by atoms with Crippen LogP contribution in [-0.4, -0.2) is 56.0 Å². The molecule has 0 radical (unpaired) electrons. The highest BCUT2D eigenvalue weighted by molar-refractivity contribution is 5.77. The molecule has 1 aliphatic rings. The number of nitrogens with zero attached hydrogens (tertiary/aromatic N) is 1. The van der Waals surface area contributed by atoms with Crippen LogP contribution in [0, 0.1) is 0 Å². The maximum absolute atomic E-state index is 12.2. The zero-order chi connectivity index (χ0) is 16.7. The topological polar surface area (TPSA) is 53.9 Å². The second-order valence-electron chi connectivity index (χ2n) is 6.25. The molecule has 2 rings (SSSR count). The minimum atomic E-state index is 0.102. The predicted molar refractivity (Wildman–Crippen MR) is 90.3 cm³/mol. The highest BCUT2D eigenvalue weighted by atomic mass is 16.2. The molecule has 1 fully saturated rings. The third-order valence-corrected chi connectivity index (χ3v) is 4.64. The largest absolute Gasteiger partial charge is 0.351 e. The lowest BCUT2D eigenvalue weighted by atomic mass is 9.96. The number of hydrogen-bond donors (Lipinski definition) is 2. The Morgan fingerprint density at radius 2 is 1.87 bits per heavy atom. The molecular formula is C18H28N3O2+. The first kappa shape index (κ1) is 17.5. The van der Waals surface area contributed by atoms with E-state index in [0.717, 1.165) is 32.6 Å². The molecule has 5 heteroatoms. The lowest BCUT2D eigenvalue weighted by Crippen LogP contribution is -3.15. The van der Waals surface area contributed by atoms with E-state index in [9.17, 15) is 9.59 Å². The van der Waals surface area contributed by atoms with Crippen molar-refractivity contribution in [2.75, 3.05) is 39.3 Å². The van der Waals surface area contributed by atoms with Crippen LogP contribution in [0.3, 0.4) is 0 Å². The van der Waals surface area contributed by atoms with Crippen molar-refractivity contribution >= 4 is 11.8 Å². The van der Waals surface area contributed by atoms with Gasteiger partial charge in [0, 0.05) is 19.4 Å². The van der Waals surface area contributed by atoms with Gasteiger partial charge in [-0.05, 0) is 12.0 Å². The van der Waals surface area contributed by atoms with Gasteiger partial charge in [0.25, 0.3) is 5.91 Å². The smallest absolute Gasteiger partial charge is 0.275 e. The fourth-order valence-corrected chi connectivity index (χ4v) is 3.06. The van der Waals surface area contributed by atoms with Crippen LogP contribution in [0.15, 0.2) is 30.3 Å². The second kappa shape index (κ2) is 8.67. The Hall–Kier alpha value is -1.88. The van der Waals surface area contributed by atoms with Crippen LogP contribution >= 0.6 is 0 Å². The van der Waals surface area contributed by atoms with E-state index in [4.69, 9.17) is 0 Å². The van der Waals surface area contributed by atoms with E-state index in [1.807, 2.05) is 23.1 Å². The monoisotopic (exact) mass is 318 g/mol. The molecule has 0 unspecified atom stereocenters. The van der Waals surface area contributed by atoms with Crippen molar-refractivity contribution in [3.8, 4) is 0 Å². The molecule has 1 aliphatic heterocycles. The second-order valence-corrected chi connectivity index (χ2v) is 6.25. The van der Waals surface area contributed by atoms with Crippen molar-refractivity contribution in [3.63, 3.8) is 0 Å². The van der Waals surface area contributed by atoms with Gasteiger partial charge in [0.15, 0.2) is 6.54 Å². The lowest BCUT2D eigenvalue weighted by molar-refractivity contribution is -0.896. The number of hydrogen-bond acceptors (Lipinski definition) is 2. The van der Waals surface area contributed by atoms with Gasteiger partial charge in [0.2, 0.25) is 5.91 Å². The zero-order valence-corrected chi connectivity index (χ0v) is 14.2. The number of carbonyl (C=O) groups is 2. The van der Waals surface area contributed by atoms with E-state index >= 15 is 0 Å². The van der Waals surface area contributed by atoms with Crippen LogP contribution in [0.2, 0.25) is 0 Å². The Morgan fingerprint density at radius 1 is 1.22 bits per heavy atom. The molecule has 2 amide bonds. The molecule has 126 valence electrons. The van der Waals surface area contributed by atoms with Gasteiger partial charge in [-0.15, -0.1) is 0 Å². The SMILES string of the molecule is CC[C@@H](CNC(=O)C[NH+]1CCN(C(C)=O)CC1)c1ccccc1. The predicted octanol–water partition coefficient (Wildman–Crippen LogP) is 0.0434. The summed E-state index contributed by atoms with van der Waals surface area (Å²) in [5, 5.41) is 3.07. The van der Waals surface area contributed by atoms with Crippen molar-refractivity contribution in [2.24, 2.45) is 0 Å². The number of carbonyl (C=O) groups excluding carboxylic acids is 2. The summed E-state index contributed by atoms with van der Waals surface area (Å²) in [6, 6.07) is 10.3.